The fraction of sp³-hybridized carbons (Fsp3) is 0.364. The second kappa shape index (κ2) is 7.44. The number of rotatable bonds is 4. The molecule has 154 valence electrons. The molecule has 0 aliphatic heterocycles. The summed E-state index contributed by atoms with van der Waals surface area (Å²) in [4.78, 5) is 23.9. The predicted molar refractivity (Wildman–Crippen MR) is 116 cm³/mol. The van der Waals surface area contributed by atoms with Gasteiger partial charge in [-0.2, -0.15) is 5.10 Å². The van der Waals surface area contributed by atoms with E-state index in [9.17, 15) is 4.79 Å². The quantitative estimate of drug-likeness (QED) is 0.484. The lowest BCUT2D eigenvalue weighted by atomic mass is 9.81. The molecule has 1 fully saturated rings. The summed E-state index contributed by atoms with van der Waals surface area (Å²) in [5.74, 6) is 2.22. The third kappa shape index (κ3) is 3.28. The first-order valence-electron chi connectivity index (χ1n) is 10.4. The number of H-pyrrole nitrogens is 1. The number of aromatic nitrogens is 5. The van der Waals surface area contributed by atoms with Crippen LogP contribution >= 0.6 is 0 Å². The van der Waals surface area contributed by atoms with Crippen molar-refractivity contribution in [3.05, 3.63) is 42.5 Å². The van der Waals surface area contributed by atoms with Crippen LogP contribution in [0.3, 0.4) is 0 Å². The largest absolute Gasteiger partial charge is 0.382 e. The van der Waals surface area contributed by atoms with Gasteiger partial charge in [0.25, 0.3) is 0 Å². The lowest BCUT2D eigenvalue weighted by molar-refractivity contribution is -0.119. The molecule has 3 aromatic heterocycles. The Balaban J connectivity index is 1.50. The Labute approximate surface area is 173 Å². The van der Waals surface area contributed by atoms with Crippen LogP contribution in [0.15, 0.2) is 36.7 Å². The van der Waals surface area contributed by atoms with Gasteiger partial charge in [-0.1, -0.05) is 18.2 Å². The number of carbonyl (C=O) groups excluding carboxylic acids is 1. The van der Waals surface area contributed by atoms with Crippen molar-refractivity contribution in [3.8, 4) is 11.4 Å². The summed E-state index contributed by atoms with van der Waals surface area (Å²) >= 11 is 0. The van der Waals surface area contributed by atoms with E-state index >= 15 is 0 Å². The summed E-state index contributed by atoms with van der Waals surface area (Å²) in [6.07, 6.45) is 5.63. The van der Waals surface area contributed by atoms with Gasteiger partial charge in [0.15, 0.2) is 5.82 Å². The maximum atomic E-state index is 11.2. The minimum absolute atomic E-state index is 0.0338. The summed E-state index contributed by atoms with van der Waals surface area (Å²) in [5, 5.41) is 8.56. The molecule has 1 aliphatic rings. The number of nitrogen functional groups attached to an aromatic ring is 1. The van der Waals surface area contributed by atoms with Crippen LogP contribution in [-0.2, 0) is 4.79 Å². The highest BCUT2D eigenvalue weighted by molar-refractivity contribution is 5.91. The number of imidazole rings is 1. The van der Waals surface area contributed by atoms with E-state index in [0.717, 1.165) is 65.9 Å². The van der Waals surface area contributed by atoms with E-state index in [0.29, 0.717) is 17.7 Å². The van der Waals surface area contributed by atoms with Gasteiger partial charge in [-0.3, -0.25) is 4.79 Å². The molecular weight excluding hydrogens is 378 g/mol. The first kappa shape index (κ1) is 18.6. The van der Waals surface area contributed by atoms with E-state index in [2.05, 4.69) is 32.5 Å². The summed E-state index contributed by atoms with van der Waals surface area (Å²) in [6.45, 7) is 2.32. The van der Waals surface area contributed by atoms with E-state index in [1.807, 2.05) is 22.7 Å². The molecule has 0 radical (unpaired) electrons. The van der Waals surface area contributed by atoms with Crippen molar-refractivity contribution >= 4 is 28.1 Å². The molecule has 0 saturated heterocycles. The molecule has 0 atom stereocenters. The number of amides is 1. The first-order chi connectivity index (χ1) is 14.6. The molecule has 0 bridgehead atoms. The zero-order valence-corrected chi connectivity index (χ0v) is 16.9. The number of benzene rings is 1. The SMILES string of the molecule is CC(=O)NCC1CCC(c2nc(-c3cc4ccccc4[nH]3)c3c(N)ncnn23)CC1. The molecule has 0 unspecified atom stereocenters. The normalized spacial score (nSPS) is 19.4. The Morgan fingerprint density at radius 3 is 2.83 bits per heavy atom. The van der Waals surface area contributed by atoms with Crippen molar-refractivity contribution in [1.82, 2.24) is 29.9 Å². The number of nitrogens with one attached hydrogen (secondary N) is 2. The Kier molecular flexibility index (Phi) is 4.61. The number of nitrogens with two attached hydrogens (primary N) is 1. The van der Waals surface area contributed by atoms with Gasteiger partial charge >= 0.3 is 0 Å². The predicted octanol–water partition coefficient (Wildman–Crippen LogP) is 3.26. The third-order valence-electron chi connectivity index (χ3n) is 6.12. The van der Waals surface area contributed by atoms with Gasteiger partial charge in [0.1, 0.15) is 23.4 Å². The van der Waals surface area contributed by atoms with Crippen molar-refractivity contribution in [2.75, 3.05) is 12.3 Å². The van der Waals surface area contributed by atoms with Crippen LogP contribution in [0.25, 0.3) is 27.8 Å². The Morgan fingerprint density at radius 1 is 1.27 bits per heavy atom. The van der Waals surface area contributed by atoms with Crippen LogP contribution in [0.2, 0.25) is 0 Å². The van der Waals surface area contributed by atoms with Crippen LogP contribution in [0.5, 0.6) is 0 Å². The van der Waals surface area contributed by atoms with Crippen LogP contribution in [0.4, 0.5) is 5.82 Å². The van der Waals surface area contributed by atoms with Gasteiger partial charge in [0.2, 0.25) is 5.91 Å². The van der Waals surface area contributed by atoms with Crippen molar-refractivity contribution < 1.29 is 4.79 Å². The fourth-order valence-corrected chi connectivity index (χ4v) is 4.54. The number of para-hydroxylation sites is 1. The lowest BCUT2D eigenvalue weighted by Gasteiger charge is -2.27. The van der Waals surface area contributed by atoms with Crippen molar-refractivity contribution in [1.29, 1.82) is 0 Å². The minimum Gasteiger partial charge on any atom is -0.382 e. The Morgan fingerprint density at radius 2 is 2.07 bits per heavy atom. The van der Waals surface area contributed by atoms with Crippen LogP contribution in [-0.4, -0.2) is 37.0 Å². The molecule has 1 amide bonds. The third-order valence-corrected chi connectivity index (χ3v) is 6.12. The van der Waals surface area contributed by atoms with Gasteiger partial charge in [-0.25, -0.2) is 14.5 Å². The van der Waals surface area contributed by atoms with Gasteiger partial charge in [0.05, 0.1) is 5.69 Å². The number of anilines is 1. The Hall–Kier alpha value is -3.42. The second-order valence-corrected chi connectivity index (χ2v) is 8.15. The summed E-state index contributed by atoms with van der Waals surface area (Å²) in [5.41, 5.74) is 9.77. The fourth-order valence-electron chi connectivity index (χ4n) is 4.54. The van der Waals surface area contributed by atoms with E-state index in [-0.39, 0.29) is 5.91 Å². The number of hydrogen-bond acceptors (Lipinski definition) is 5. The molecule has 1 aliphatic carbocycles. The van der Waals surface area contributed by atoms with E-state index < -0.39 is 0 Å². The monoisotopic (exact) mass is 403 g/mol. The average molecular weight is 403 g/mol. The highest BCUT2D eigenvalue weighted by Crippen LogP contribution is 2.38. The van der Waals surface area contributed by atoms with E-state index in [4.69, 9.17) is 10.7 Å². The van der Waals surface area contributed by atoms with Crippen LogP contribution in [0, 0.1) is 5.92 Å². The molecule has 1 aromatic carbocycles. The van der Waals surface area contributed by atoms with Gasteiger partial charge in [0, 0.05) is 30.3 Å². The number of carbonyl (C=O) groups is 1. The zero-order valence-electron chi connectivity index (χ0n) is 16.9. The molecule has 4 N–H and O–H groups in total. The molecule has 5 rings (SSSR count). The smallest absolute Gasteiger partial charge is 0.216 e. The summed E-state index contributed by atoms with van der Waals surface area (Å²) in [6, 6.07) is 10.3. The number of hydrogen-bond donors (Lipinski definition) is 3. The topological polar surface area (TPSA) is 114 Å². The Bertz CT molecular complexity index is 1180. The second-order valence-electron chi connectivity index (χ2n) is 8.15. The van der Waals surface area contributed by atoms with Gasteiger partial charge < -0.3 is 16.0 Å². The van der Waals surface area contributed by atoms with Crippen LogP contribution in [0.1, 0.15) is 44.3 Å². The van der Waals surface area contributed by atoms with Gasteiger partial charge in [-0.15, -0.1) is 0 Å². The minimum atomic E-state index is 0.0338. The highest BCUT2D eigenvalue weighted by atomic mass is 16.1. The molecule has 3 heterocycles. The molecular formula is C22H25N7O. The molecule has 8 heteroatoms. The van der Waals surface area contributed by atoms with Gasteiger partial charge in [-0.05, 0) is 43.7 Å². The maximum Gasteiger partial charge on any atom is 0.216 e. The summed E-state index contributed by atoms with van der Waals surface area (Å²) < 4.78 is 1.86. The lowest BCUT2D eigenvalue weighted by Crippen LogP contribution is -2.29. The highest BCUT2D eigenvalue weighted by Gasteiger charge is 2.28. The molecule has 4 aromatic rings. The standard InChI is InChI=1S/C22H25N7O/c1-13(30)24-11-14-6-8-15(9-7-14)22-28-19(20-21(23)25-12-26-29(20)22)18-10-16-4-2-3-5-17(16)27-18/h2-5,10,12,14-15,27H,6-9,11H2,1H3,(H,24,30)(H2,23,25,26). The van der Waals surface area contributed by atoms with Crippen molar-refractivity contribution in [3.63, 3.8) is 0 Å². The number of nitrogens with zero attached hydrogens (tertiary/aromatic N) is 4. The average Bonchev–Trinajstić information content (AvgIpc) is 3.35. The van der Waals surface area contributed by atoms with Crippen molar-refractivity contribution in [2.45, 2.75) is 38.5 Å². The molecule has 1 saturated carbocycles. The summed E-state index contributed by atoms with van der Waals surface area (Å²) in [7, 11) is 0. The maximum absolute atomic E-state index is 11.2. The molecule has 8 nitrogen and oxygen atoms in total. The molecule has 30 heavy (non-hydrogen) atoms. The first-order valence-corrected chi connectivity index (χ1v) is 10.4. The molecule has 0 spiro atoms. The number of aromatic amines is 1. The van der Waals surface area contributed by atoms with Crippen molar-refractivity contribution in [2.24, 2.45) is 5.92 Å². The van der Waals surface area contributed by atoms with Crippen LogP contribution < -0.4 is 11.1 Å². The zero-order chi connectivity index (χ0) is 20.7. The van der Waals surface area contributed by atoms with E-state index in [1.165, 1.54) is 6.33 Å². The van der Waals surface area contributed by atoms with E-state index in [1.54, 1.807) is 6.92 Å². The number of fused-ring (bicyclic) bond motifs is 2.